The zero-order valence-electron chi connectivity index (χ0n) is 14.5. The minimum Gasteiger partial charge on any atom is -0.378 e. The van der Waals surface area contributed by atoms with Crippen LogP contribution in [0, 0.1) is 35.0 Å². The summed E-state index contributed by atoms with van der Waals surface area (Å²) < 4.78 is 0. The van der Waals surface area contributed by atoms with Gasteiger partial charge >= 0.3 is 0 Å². The first-order valence-electron chi connectivity index (χ1n) is 8.65. The molecule has 118 valence electrons. The van der Waals surface area contributed by atoms with E-state index in [1.165, 1.54) is 32.1 Å². The molecule has 2 fully saturated rings. The third-order valence-electron chi connectivity index (χ3n) is 5.91. The lowest BCUT2D eigenvalue weighted by atomic mass is 9.61. The molecule has 2 saturated carbocycles. The van der Waals surface area contributed by atoms with Gasteiger partial charge in [-0.05, 0) is 76.0 Å². The molecule has 0 radical (unpaired) electrons. The highest BCUT2D eigenvalue weighted by Crippen LogP contribution is 2.59. The second-order valence-corrected chi connectivity index (χ2v) is 8.00. The Balaban J connectivity index is 2.08. The van der Waals surface area contributed by atoms with Gasteiger partial charge in [-0.15, -0.1) is 5.92 Å². The Hall–Kier alpha value is -0.740. The van der Waals surface area contributed by atoms with Crippen molar-refractivity contribution in [2.75, 3.05) is 0 Å². The lowest BCUT2D eigenvalue weighted by molar-refractivity contribution is 0.0989. The van der Waals surface area contributed by atoms with Crippen molar-refractivity contribution < 1.29 is 5.11 Å². The predicted molar refractivity (Wildman–Crippen MR) is 89.8 cm³/mol. The third-order valence-corrected chi connectivity index (χ3v) is 5.91. The molecular formula is C20H32O. The van der Waals surface area contributed by atoms with Gasteiger partial charge in [-0.3, -0.25) is 0 Å². The van der Waals surface area contributed by atoms with E-state index in [1.807, 2.05) is 0 Å². The van der Waals surface area contributed by atoms with Gasteiger partial charge in [0.2, 0.25) is 0 Å². The van der Waals surface area contributed by atoms with E-state index in [9.17, 15) is 5.11 Å². The summed E-state index contributed by atoms with van der Waals surface area (Å²) in [5, 5.41) is 9.72. The average Bonchev–Trinajstić information content (AvgIpc) is 2.73. The normalized spacial score (nSPS) is 36.0. The van der Waals surface area contributed by atoms with Crippen molar-refractivity contribution in [2.24, 2.45) is 23.2 Å². The minimum absolute atomic E-state index is 0.482. The lowest BCUT2D eigenvalue weighted by Crippen LogP contribution is -2.35. The zero-order valence-corrected chi connectivity index (χ0v) is 14.5. The first kappa shape index (κ1) is 16.6. The fourth-order valence-corrected chi connectivity index (χ4v) is 4.93. The standard InChI is InChI=1S/C20H32O/c1-6-16-10-8-14-20(5)17(11-12-18(16)20)15(2)9-7-13-19(3,4)21/h6,15,17-18,21H,8-12,14H2,1-5H3/b16-6+/t15-,17-,18-,20-/m1/s1. The van der Waals surface area contributed by atoms with E-state index in [0.29, 0.717) is 11.3 Å². The van der Waals surface area contributed by atoms with Crippen LogP contribution in [-0.2, 0) is 0 Å². The molecule has 0 saturated heterocycles. The highest BCUT2D eigenvalue weighted by Gasteiger charge is 2.50. The van der Waals surface area contributed by atoms with Crippen LogP contribution in [0.5, 0.6) is 0 Å². The monoisotopic (exact) mass is 288 g/mol. The molecule has 0 aliphatic heterocycles. The average molecular weight is 288 g/mol. The Morgan fingerprint density at radius 1 is 1.43 bits per heavy atom. The molecule has 1 heteroatoms. The van der Waals surface area contributed by atoms with Gasteiger partial charge in [0.05, 0.1) is 0 Å². The summed E-state index contributed by atoms with van der Waals surface area (Å²) in [4.78, 5) is 0. The summed E-state index contributed by atoms with van der Waals surface area (Å²) in [5.74, 6) is 8.43. The van der Waals surface area contributed by atoms with Crippen molar-refractivity contribution in [1.82, 2.24) is 0 Å². The van der Waals surface area contributed by atoms with Crippen LogP contribution in [-0.4, -0.2) is 10.7 Å². The van der Waals surface area contributed by atoms with Crippen molar-refractivity contribution in [3.05, 3.63) is 11.6 Å². The Bertz CT molecular complexity index is 456. The van der Waals surface area contributed by atoms with E-state index in [-0.39, 0.29) is 0 Å². The molecule has 0 aromatic heterocycles. The van der Waals surface area contributed by atoms with Crippen LogP contribution in [0.3, 0.4) is 0 Å². The Labute approximate surface area is 131 Å². The van der Waals surface area contributed by atoms with Gasteiger partial charge in [-0.25, -0.2) is 0 Å². The van der Waals surface area contributed by atoms with E-state index >= 15 is 0 Å². The largest absolute Gasteiger partial charge is 0.378 e. The molecule has 0 unspecified atom stereocenters. The number of hydrogen-bond acceptors (Lipinski definition) is 1. The van der Waals surface area contributed by atoms with Crippen LogP contribution < -0.4 is 0 Å². The van der Waals surface area contributed by atoms with Crippen LogP contribution in [0.2, 0.25) is 0 Å². The predicted octanol–water partition coefficient (Wildman–Crippen LogP) is 4.95. The smallest absolute Gasteiger partial charge is 0.119 e. The van der Waals surface area contributed by atoms with Gasteiger partial charge in [0.25, 0.3) is 0 Å². The van der Waals surface area contributed by atoms with E-state index < -0.39 is 5.60 Å². The summed E-state index contributed by atoms with van der Waals surface area (Å²) in [7, 11) is 0. The Morgan fingerprint density at radius 3 is 2.76 bits per heavy atom. The molecule has 2 aliphatic rings. The highest BCUT2D eigenvalue weighted by atomic mass is 16.3. The molecule has 4 atom stereocenters. The third kappa shape index (κ3) is 3.54. The van der Waals surface area contributed by atoms with Gasteiger partial charge in [0.15, 0.2) is 0 Å². The molecule has 0 amide bonds. The molecule has 1 nitrogen and oxygen atoms in total. The van der Waals surface area contributed by atoms with Crippen molar-refractivity contribution in [3.8, 4) is 11.8 Å². The molecule has 0 spiro atoms. The molecule has 21 heavy (non-hydrogen) atoms. The quantitative estimate of drug-likeness (QED) is 0.563. The number of rotatable bonds is 2. The Morgan fingerprint density at radius 2 is 2.14 bits per heavy atom. The van der Waals surface area contributed by atoms with Crippen molar-refractivity contribution in [2.45, 2.75) is 78.7 Å². The molecule has 0 aromatic rings. The van der Waals surface area contributed by atoms with Crippen LogP contribution in [0.25, 0.3) is 0 Å². The van der Waals surface area contributed by atoms with E-state index in [0.717, 1.165) is 18.3 Å². The summed E-state index contributed by atoms with van der Waals surface area (Å²) in [6.07, 6.45) is 10.1. The number of allylic oxidation sites excluding steroid dienone is 2. The van der Waals surface area contributed by atoms with Crippen molar-refractivity contribution in [3.63, 3.8) is 0 Å². The van der Waals surface area contributed by atoms with E-state index in [2.05, 4.69) is 38.7 Å². The summed E-state index contributed by atoms with van der Waals surface area (Å²) >= 11 is 0. The van der Waals surface area contributed by atoms with Gasteiger partial charge in [-0.2, -0.15) is 0 Å². The highest BCUT2D eigenvalue weighted by molar-refractivity contribution is 5.18. The summed E-state index contributed by atoms with van der Waals surface area (Å²) in [6.45, 7) is 10.6. The SMILES string of the molecule is C/C=C1\CCC[C@@]2(C)[C@@H]1CC[C@@H]2[C@H](C)CC#CC(C)(C)O. The Kier molecular flexibility index (Phi) is 4.89. The fraction of sp³-hybridized carbons (Fsp3) is 0.800. The molecule has 2 rings (SSSR count). The second kappa shape index (κ2) is 6.17. The maximum atomic E-state index is 9.72. The zero-order chi connectivity index (χ0) is 15.7. The number of hydrogen-bond donors (Lipinski definition) is 1. The maximum absolute atomic E-state index is 9.72. The first-order chi connectivity index (χ1) is 9.78. The van der Waals surface area contributed by atoms with Crippen LogP contribution in [0.4, 0.5) is 0 Å². The minimum atomic E-state index is -0.856. The van der Waals surface area contributed by atoms with E-state index in [4.69, 9.17) is 0 Å². The van der Waals surface area contributed by atoms with Gasteiger partial charge in [-0.1, -0.05) is 31.4 Å². The first-order valence-corrected chi connectivity index (χ1v) is 8.65. The van der Waals surface area contributed by atoms with Gasteiger partial charge in [0, 0.05) is 6.42 Å². The summed E-state index contributed by atoms with van der Waals surface area (Å²) in [5.41, 5.74) is 1.33. The van der Waals surface area contributed by atoms with Crippen molar-refractivity contribution >= 4 is 0 Å². The van der Waals surface area contributed by atoms with Crippen LogP contribution >= 0.6 is 0 Å². The maximum Gasteiger partial charge on any atom is 0.119 e. The molecule has 1 N–H and O–H groups in total. The summed E-state index contributed by atoms with van der Waals surface area (Å²) in [6, 6.07) is 0. The van der Waals surface area contributed by atoms with Crippen molar-refractivity contribution in [1.29, 1.82) is 0 Å². The number of aliphatic hydroxyl groups is 1. The molecule has 0 bridgehead atoms. The second-order valence-electron chi connectivity index (χ2n) is 8.00. The van der Waals surface area contributed by atoms with Gasteiger partial charge < -0.3 is 5.11 Å². The fourth-order valence-electron chi connectivity index (χ4n) is 4.93. The van der Waals surface area contributed by atoms with Gasteiger partial charge in [0.1, 0.15) is 5.60 Å². The van der Waals surface area contributed by atoms with Crippen LogP contribution in [0.1, 0.15) is 73.1 Å². The van der Waals surface area contributed by atoms with E-state index in [1.54, 1.807) is 19.4 Å². The molecular weight excluding hydrogens is 256 g/mol. The molecule has 2 aliphatic carbocycles. The molecule has 0 heterocycles. The number of fused-ring (bicyclic) bond motifs is 1. The van der Waals surface area contributed by atoms with Crippen LogP contribution in [0.15, 0.2) is 11.6 Å². The molecule has 0 aromatic carbocycles. The lowest BCUT2D eigenvalue weighted by Gasteiger charge is -2.44. The topological polar surface area (TPSA) is 20.2 Å².